The molecule has 0 aliphatic rings. The predicted molar refractivity (Wildman–Crippen MR) is 85.4 cm³/mol. The molecule has 19 heavy (non-hydrogen) atoms. The standard InChI is InChI=1S/C14H15BrClNOS/c1-10-2-3-11(15)8-13(10)18-7-6-17-9-12-4-5-14(16)19-12/h2-5,8,17H,6-7,9H2,1H3. The molecule has 0 spiro atoms. The molecule has 0 bridgehead atoms. The number of thiophene rings is 1. The van der Waals surface area contributed by atoms with Gasteiger partial charge in [0.05, 0.1) is 4.34 Å². The van der Waals surface area contributed by atoms with Crippen LogP contribution in [0, 0.1) is 6.92 Å². The highest BCUT2D eigenvalue weighted by molar-refractivity contribution is 9.10. The van der Waals surface area contributed by atoms with Crippen LogP contribution in [0.15, 0.2) is 34.8 Å². The Labute approximate surface area is 130 Å². The zero-order valence-corrected chi connectivity index (χ0v) is 13.7. The Morgan fingerprint density at radius 2 is 2.16 bits per heavy atom. The van der Waals surface area contributed by atoms with Crippen LogP contribution in [0.25, 0.3) is 0 Å². The first-order chi connectivity index (χ1) is 9.15. The zero-order chi connectivity index (χ0) is 13.7. The lowest BCUT2D eigenvalue weighted by molar-refractivity contribution is 0.311. The average molecular weight is 361 g/mol. The minimum absolute atomic E-state index is 0.649. The second-order valence-corrected chi connectivity index (χ2v) is 6.86. The Morgan fingerprint density at radius 3 is 2.89 bits per heavy atom. The third kappa shape index (κ3) is 4.80. The van der Waals surface area contributed by atoms with Gasteiger partial charge in [0.2, 0.25) is 0 Å². The van der Waals surface area contributed by atoms with Gasteiger partial charge in [0.15, 0.2) is 0 Å². The summed E-state index contributed by atoms with van der Waals surface area (Å²) >= 11 is 10.9. The van der Waals surface area contributed by atoms with Crippen molar-refractivity contribution in [2.45, 2.75) is 13.5 Å². The molecule has 0 unspecified atom stereocenters. The molecular formula is C14H15BrClNOS. The van der Waals surface area contributed by atoms with Crippen LogP contribution < -0.4 is 10.1 Å². The second-order valence-electron chi connectivity index (χ2n) is 4.14. The smallest absolute Gasteiger partial charge is 0.123 e. The molecule has 5 heteroatoms. The van der Waals surface area contributed by atoms with E-state index in [1.165, 1.54) is 4.88 Å². The van der Waals surface area contributed by atoms with Crippen molar-refractivity contribution in [2.24, 2.45) is 0 Å². The fraction of sp³-hybridized carbons (Fsp3) is 0.286. The maximum atomic E-state index is 5.87. The summed E-state index contributed by atoms with van der Waals surface area (Å²) in [5, 5.41) is 3.33. The molecule has 1 aromatic heterocycles. The number of ether oxygens (including phenoxy) is 1. The first-order valence-electron chi connectivity index (χ1n) is 5.99. The largest absolute Gasteiger partial charge is 0.492 e. The molecule has 0 fully saturated rings. The maximum absolute atomic E-state index is 5.87. The third-order valence-electron chi connectivity index (χ3n) is 2.61. The van der Waals surface area contributed by atoms with Crippen LogP contribution >= 0.6 is 38.9 Å². The van der Waals surface area contributed by atoms with E-state index in [4.69, 9.17) is 16.3 Å². The lowest BCUT2D eigenvalue weighted by Gasteiger charge is -2.10. The normalized spacial score (nSPS) is 10.7. The fourth-order valence-electron chi connectivity index (χ4n) is 1.62. The van der Waals surface area contributed by atoms with E-state index in [-0.39, 0.29) is 0 Å². The number of halogens is 2. The van der Waals surface area contributed by atoms with Gasteiger partial charge in [0, 0.05) is 22.4 Å². The summed E-state index contributed by atoms with van der Waals surface area (Å²) in [7, 11) is 0. The molecule has 0 radical (unpaired) electrons. The number of hydrogen-bond acceptors (Lipinski definition) is 3. The Kier molecular flexibility index (Phi) is 5.70. The monoisotopic (exact) mass is 359 g/mol. The van der Waals surface area contributed by atoms with E-state index in [0.717, 1.165) is 33.2 Å². The number of benzene rings is 1. The van der Waals surface area contributed by atoms with E-state index < -0.39 is 0 Å². The van der Waals surface area contributed by atoms with Crippen LogP contribution in [0.5, 0.6) is 5.75 Å². The average Bonchev–Trinajstić information content (AvgIpc) is 2.79. The quantitative estimate of drug-likeness (QED) is 0.758. The van der Waals surface area contributed by atoms with E-state index in [2.05, 4.69) is 21.2 Å². The third-order valence-corrected chi connectivity index (χ3v) is 4.34. The first-order valence-corrected chi connectivity index (χ1v) is 7.98. The van der Waals surface area contributed by atoms with Crippen molar-refractivity contribution in [3.05, 3.63) is 49.6 Å². The van der Waals surface area contributed by atoms with Gasteiger partial charge in [0.1, 0.15) is 12.4 Å². The predicted octanol–water partition coefficient (Wildman–Crippen LogP) is 4.64. The van der Waals surface area contributed by atoms with Crippen LogP contribution in [-0.2, 0) is 6.54 Å². The number of hydrogen-bond donors (Lipinski definition) is 1. The second kappa shape index (κ2) is 7.29. The fourth-order valence-corrected chi connectivity index (χ4v) is 3.02. The van der Waals surface area contributed by atoms with E-state index in [1.807, 2.05) is 37.3 Å². The van der Waals surface area contributed by atoms with Crippen molar-refractivity contribution in [1.29, 1.82) is 0 Å². The zero-order valence-electron chi connectivity index (χ0n) is 10.6. The highest BCUT2D eigenvalue weighted by Crippen LogP contribution is 2.23. The van der Waals surface area contributed by atoms with Crippen molar-refractivity contribution >= 4 is 38.9 Å². The highest BCUT2D eigenvalue weighted by Gasteiger charge is 2.01. The van der Waals surface area contributed by atoms with Crippen LogP contribution in [-0.4, -0.2) is 13.2 Å². The molecule has 1 N–H and O–H groups in total. The van der Waals surface area contributed by atoms with Gasteiger partial charge >= 0.3 is 0 Å². The number of rotatable bonds is 6. The van der Waals surface area contributed by atoms with E-state index in [1.54, 1.807) is 11.3 Å². The van der Waals surface area contributed by atoms with Crippen LogP contribution in [0.1, 0.15) is 10.4 Å². The van der Waals surface area contributed by atoms with Crippen molar-refractivity contribution in [3.63, 3.8) is 0 Å². The van der Waals surface area contributed by atoms with Crippen molar-refractivity contribution in [3.8, 4) is 5.75 Å². The number of aryl methyl sites for hydroxylation is 1. The lowest BCUT2D eigenvalue weighted by Crippen LogP contribution is -2.20. The summed E-state index contributed by atoms with van der Waals surface area (Å²) < 4.78 is 7.61. The summed E-state index contributed by atoms with van der Waals surface area (Å²) in [6, 6.07) is 10.0. The molecule has 102 valence electrons. The van der Waals surface area contributed by atoms with Crippen molar-refractivity contribution in [1.82, 2.24) is 5.32 Å². The van der Waals surface area contributed by atoms with Crippen LogP contribution in [0.3, 0.4) is 0 Å². The van der Waals surface area contributed by atoms with Gasteiger partial charge in [-0.1, -0.05) is 33.6 Å². The van der Waals surface area contributed by atoms with Gasteiger partial charge in [-0.25, -0.2) is 0 Å². The summed E-state index contributed by atoms with van der Waals surface area (Å²) in [4.78, 5) is 1.24. The summed E-state index contributed by atoms with van der Waals surface area (Å²) in [5.41, 5.74) is 1.15. The Hall–Kier alpha value is -0.550. The lowest BCUT2D eigenvalue weighted by atomic mass is 10.2. The molecule has 0 saturated carbocycles. The van der Waals surface area contributed by atoms with Gasteiger partial charge in [-0.05, 0) is 36.8 Å². The summed E-state index contributed by atoms with van der Waals surface area (Å²) in [6.07, 6.45) is 0. The van der Waals surface area contributed by atoms with Gasteiger partial charge < -0.3 is 10.1 Å². The molecule has 0 atom stereocenters. The van der Waals surface area contributed by atoms with Gasteiger partial charge in [0.25, 0.3) is 0 Å². The number of nitrogens with one attached hydrogen (secondary N) is 1. The SMILES string of the molecule is Cc1ccc(Br)cc1OCCNCc1ccc(Cl)s1. The minimum atomic E-state index is 0.649. The van der Waals surface area contributed by atoms with E-state index >= 15 is 0 Å². The molecule has 1 heterocycles. The molecule has 0 aliphatic heterocycles. The van der Waals surface area contributed by atoms with Crippen LogP contribution in [0.2, 0.25) is 4.34 Å². The van der Waals surface area contributed by atoms with Crippen molar-refractivity contribution < 1.29 is 4.74 Å². The Bertz CT molecular complexity index is 544. The molecule has 0 aliphatic carbocycles. The molecule has 2 nitrogen and oxygen atoms in total. The van der Waals surface area contributed by atoms with Crippen molar-refractivity contribution in [2.75, 3.05) is 13.2 Å². The summed E-state index contributed by atoms with van der Waals surface area (Å²) in [5.74, 6) is 0.926. The molecule has 2 rings (SSSR count). The van der Waals surface area contributed by atoms with Gasteiger partial charge in [-0.15, -0.1) is 11.3 Å². The molecular weight excluding hydrogens is 346 g/mol. The molecule has 1 aromatic carbocycles. The van der Waals surface area contributed by atoms with E-state index in [0.29, 0.717) is 6.61 Å². The Balaban J connectivity index is 1.70. The van der Waals surface area contributed by atoms with E-state index in [9.17, 15) is 0 Å². The van der Waals surface area contributed by atoms with Gasteiger partial charge in [-0.3, -0.25) is 0 Å². The van der Waals surface area contributed by atoms with Gasteiger partial charge in [-0.2, -0.15) is 0 Å². The topological polar surface area (TPSA) is 21.3 Å². The molecule has 2 aromatic rings. The first kappa shape index (κ1) is 14.9. The Morgan fingerprint density at radius 1 is 1.32 bits per heavy atom. The molecule has 0 amide bonds. The van der Waals surface area contributed by atoms with Crippen LogP contribution in [0.4, 0.5) is 0 Å². The maximum Gasteiger partial charge on any atom is 0.123 e. The summed E-state index contributed by atoms with van der Waals surface area (Å²) in [6.45, 7) is 4.33. The molecule has 0 saturated heterocycles. The highest BCUT2D eigenvalue weighted by atomic mass is 79.9. The minimum Gasteiger partial charge on any atom is -0.492 e.